The van der Waals surface area contributed by atoms with Gasteiger partial charge < -0.3 is 0 Å². The summed E-state index contributed by atoms with van der Waals surface area (Å²) in [5.74, 6) is -0.252. The van der Waals surface area contributed by atoms with E-state index in [2.05, 4.69) is 9.97 Å². The Labute approximate surface area is 98.1 Å². The molecule has 2 rings (SSSR count). The van der Waals surface area contributed by atoms with E-state index in [-0.39, 0.29) is 11.1 Å². The number of hydrogen-bond acceptors (Lipinski definition) is 2. The van der Waals surface area contributed by atoms with Gasteiger partial charge in [-0.25, -0.2) is 14.4 Å². The fraction of sp³-hybridized carbons (Fsp3) is 0.167. The van der Waals surface area contributed by atoms with Crippen molar-refractivity contribution in [3.05, 3.63) is 46.6 Å². The minimum atomic E-state index is -0.252. The standard InChI is InChI=1S/C12H10ClFN2/c1-7-5-9(14)3-4-10(7)11-6-8(2)15-12(13)16-11/h3-6H,1-2H3. The van der Waals surface area contributed by atoms with Crippen molar-refractivity contribution in [3.8, 4) is 11.3 Å². The summed E-state index contributed by atoms with van der Waals surface area (Å²) in [6.07, 6.45) is 0. The van der Waals surface area contributed by atoms with Crippen LogP contribution in [0.5, 0.6) is 0 Å². The molecule has 0 unspecified atom stereocenters. The van der Waals surface area contributed by atoms with Gasteiger partial charge in [0, 0.05) is 11.3 Å². The van der Waals surface area contributed by atoms with E-state index in [1.165, 1.54) is 12.1 Å². The van der Waals surface area contributed by atoms with Gasteiger partial charge in [0.2, 0.25) is 5.28 Å². The van der Waals surface area contributed by atoms with Gasteiger partial charge in [-0.1, -0.05) is 0 Å². The highest BCUT2D eigenvalue weighted by atomic mass is 35.5. The van der Waals surface area contributed by atoms with Crippen molar-refractivity contribution in [2.45, 2.75) is 13.8 Å². The second-order valence-electron chi connectivity index (χ2n) is 3.62. The fourth-order valence-corrected chi connectivity index (χ4v) is 1.81. The van der Waals surface area contributed by atoms with Crippen LogP contribution in [-0.4, -0.2) is 9.97 Å². The van der Waals surface area contributed by atoms with Crippen molar-refractivity contribution >= 4 is 11.6 Å². The van der Waals surface area contributed by atoms with Crippen LogP contribution in [0.15, 0.2) is 24.3 Å². The fourth-order valence-electron chi connectivity index (χ4n) is 1.58. The van der Waals surface area contributed by atoms with Crippen molar-refractivity contribution in [2.24, 2.45) is 0 Å². The van der Waals surface area contributed by atoms with Crippen LogP contribution < -0.4 is 0 Å². The maximum absolute atomic E-state index is 13.0. The molecule has 0 radical (unpaired) electrons. The molecule has 0 bridgehead atoms. The molecule has 0 aliphatic heterocycles. The lowest BCUT2D eigenvalue weighted by atomic mass is 10.1. The predicted octanol–water partition coefficient (Wildman–Crippen LogP) is 3.55. The molecule has 0 saturated heterocycles. The Hall–Kier alpha value is -1.48. The van der Waals surface area contributed by atoms with Gasteiger partial charge in [-0.15, -0.1) is 0 Å². The average molecular weight is 237 g/mol. The summed E-state index contributed by atoms with van der Waals surface area (Å²) >= 11 is 5.79. The van der Waals surface area contributed by atoms with Crippen LogP contribution in [0.1, 0.15) is 11.3 Å². The lowest BCUT2D eigenvalue weighted by molar-refractivity contribution is 0.627. The molecule has 0 N–H and O–H groups in total. The van der Waals surface area contributed by atoms with E-state index in [0.29, 0.717) is 0 Å². The van der Waals surface area contributed by atoms with Gasteiger partial charge in [0.15, 0.2) is 0 Å². The zero-order valence-electron chi connectivity index (χ0n) is 8.96. The molecule has 1 aromatic heterocycles. The maximum Gasteiger partial charge on any atom is 0.223 e. The Morgan fingerprint density at radius 3 is 2.50 bits per heavy atom. The molecule has 82 valence electrons. The molecule has 0 aliphatic rings. The monoisotopic (exact) mass is 236 g/mol. The van der Waals surface area contributed by atoms with Gasteiger partial charge in [0.05, 0.1) is 5.69 Å². The van der Waals surface area contributed by atoms with Crippen LogP contribution in [0.3, 0.4) is 0 Å². The summed E-state index contributed by atoms with van der Waals surface area (Å²) in [6, 6.07) is 6.41. The number of aromatic nitrogens is 2. The molecular weight excluding hydrogens is 227 g/mol. The van der Waals surface area contributed by atoms with Gasteiger partial charge in [0.25, 0.3) is 0 Å². The van der Waals surface area contributed by atoms with Crippen molar-refractivity contribution in [1.82, 2.24) is 9.97 Å². The molecule has 0 amide bonds. The van der Waals surface area contributed by atoms with Crippen molar-refractivity contribution in [1.29, 1.82) is 0 Å². The minimum absolute atomic E-state index is 0.207. The largest absolute Gasteiger partial charge is 0.223 e. The quantitative estimate of drug-likeness (QED) is 0.708. The van der Waals surface area contributed by atoms with Gasteiger partial charge in [-0.05, 0) is 55.3 Å². The Morgan fingerprint density at radius 1 is 1.12 bits per heavy atom. The molecule has 0 aliphatic carbocycles. The number of nitrogens with zero attached hydrogens (tertiary/aromatic N) is 2. The van der Waals surface area contributed by atoms with Crippen molar-refractivity contribution in [2.75, 3.05) is 0 Å². The molecule has 16 heavy (non-hydrogen) atoms. The first-order valence-corrected chi connectivity index (χ1v) is 5.22. The molecule has 0 fully saturated rings. The summed E-state index contributed by atoms with van der Waals surface area (Å²) in [6.45, 7) is 3.68. The summed E-state index contributed by atoms with van der Waals surface area (Å²) in [5, 5.41) is 0.207. The van der Waals surface area contributed by atoms with E-state index in [1.807, 2.05) is 19.9 Å². The van der Waals surface area contributed by atoms with E-state index in [0.717, 1.165) is 22.5 Å². The van der Waals surface area contributed by atoms with Gasteiger partial charge in [-0.3, -0.25) is 0 Å². The zero-order chi connectivity index (χ0) is 11.7. The van der Waals surface area contributed by atoms with Gasteiger partial charge in [0.1, 0.15) is 5.82 Å². The Kier molecular flexibility index (Phi) is 2.88. The maximum atomic E-state index is 13.0. The number of benzene rings is 1. The van der Waals surface area contributed by atoms with Crippen LogP contribution in [0.25, 0.3) is 11.3 Å². The molecule has 2 nitrogen and oxygen atoms in total. The van der Waals surface area contributed by atoms with Crippen LogP contribution in [-0.2, 0) is 0 Å². The Balaban J connectivity index is 2.58. The summed E-state index contributed by atoms with van der Waals surface area (Å²) in [4.78, 5) is 8.11. The third-order valence-electron chi connectivity index (χ3n) is 2.29. The van der Waals surface area contributed by atoms with Crippen LogP contribution in [0, 0.1) is 19.7 Å². The molecule has 1 heterocycles. The van der Waals surface area contributed by atoms with Crippen LogP contribution in [0.2, 0.25) is 5.28 Å². The molecule has 0 saturated carbocycles. The third-order valence-corrected chi connectivity index (χ3v) is 2.46. The summed E-state index contributed by atoms with van der Waals surface area (Å²) in [5.41, 5.74) is 3.21. The van der Waals surface area contributed by atoms with Crippen molar-refractivity contribution < 1.29 is 4.39 Å². The van der Waals surface area contributed by atoms with E-state index in [9.17, 15) is 4.39 Å². The number of aryl methyl sites for hydroxylation is 2. The topological polar surface area (TPSA) is 25.8 Å². The molecule has 0 atom stereocenters. The molecule has 4 heteroatoms. The Morgan fingerprint density at radius 2 is 1.88 bits per heavy atom. The normalized spacial score (nSPS) is 10.5. The first kappa shape index (κ1) is 11.0. The van der Waals surface area contributed by atoms with Crippen molar-refractivity contribution in [3.63, 3.8) is 0 Å². The number of halogens is 2. The second kappa shape index (κ2) is 4.18. The lowest BCUT2D eigenvalue weighted by Crippen LogP contribution is -1.93. The molecular formula is C12H10ClFN2. The number of hydrogen-bond donors (Lipinski definition) is 0. The predicted molar refractivity (Wildman–Crippen MR) is 61.9 cm³/mol. The number of rotatable bonds is 1. The van der Waals surface area contributed by atoms with E-state index in [1.54, 1.807) is 6.07 Å². The summed E-state index contributed by atoms with van der Waals surface area (Å²) < 4.78 is 13.0. The lowest BCUT2D eigenvalue weighted by Gasteiger charge is -2.06. The molecule has 0 spiro atoms. The first-order valence-electron chi connectivity index (χ1n) is 4.84. The molecule has 2 aromatic rings. The van der Waals surface area contributed by atoms with E-state index < -0.39 is 0 Å². The van der Waals surface area contributed by atoms with Crippen LogP contribution in [0.4, 0.5) is 4.39 Å². The van der Waals surface area contributed by atoms with E-state index >= 15 is 0 Å². The summed E-state index contributed by atoms with van der Waals surface area (Å²) in [7, 11) is 0. The zero-order valence-corrected chi connectivity index (χ0v) is 9.72. The van der Waals surface area contributed by atoms with Crippen LogP contribution >= 0.6 is 11.6 Å². The van der Waals surface area contributed by atoms with E-state index in [4.69, 9.17) is 11.6 Å². The highest BCUT2D eigenvalue weighted by molar-refractivity contribution is 6.28. The highest BCUT2D eigenvalue weighted by Crippen LogP contribution is 2.23. The molecule has 1 aromatic carbocycles. The Bertz CT molecular complexity index is 520. The SMILES string of the molecule is Cc1cc(-c2ccc(F)cc2C)nc(Cl)n1. The van der Waals surface area contributed by atoms with Gasteiger partial charge in [-0.2, -0.15) is 0 Å². The first-order chi connectivity index (χ1) is 7.56. The smallest absolute Gasteiger partial charge is 0.223 e. The second-order valence-corrected chi connectivity index (χ2v) is 3.96. The van der Waals surface area contributed by atoms with Gasteiger partial charge >= 0.3 is 0 Å². The third kappa shape index (κ3) is 2.19. The highest BCUT2D eigenvalue weighted by Gasteiger charge is 2.06. The minimum Gasteiger partial charge on any atom is -0.223 e. The average Bonchev–Trinajstić information content (AvgIpc) is 2.15.